The number of aromatic nitrogens is 3. The maximum absolute atomic E-state index is 5.92. The fourth-order valence-electron chi connectivity index (χ4n) is 4.74. The number of morpholine rings is 2. The maximum Gasteiger partial charge on any atom is 0.227 e. The van der Waals surface area contributed by atoms with Crippen LogP contribution in [0.25, 0.3) is 0 Å². The number of nitrogens with zero attached hydrogens (tertiary/aromatic N) is 5. The molecule has 1 aromatic heterocycles. The second-order valence-electron chi connectivity index (χ2n) is 9.43. The smallest absolute Gasteiger partial charge is 0.227 e. The molecular formula is C21H37N5O3. The average Bonchev–Trinajstić information content (AvgIpc) is 3.12. The lowest BCUT2D eigenvalue weighted by Crippen LogP contribution is -2.49. The van der Waals surface area contributed by atoms with Crippen molar-refractivity contribution in [3.8, 4) is 0 Å². The fourth-order valence-corrected chi connectivity index (χ4v) is 4.74. The van der Waals surface area contributed by atoms with Crippen molar-refractivity contribution in [2.45, 2.75) is 51.7 Å². The second kappa shape index (κ2) is 9.29. The van der Waals surface area contributed by atoms with Crippen LogP contribution in [0.4, 0.5) is 5.95 Å². The summed E-state index contributed by atoms with van der Waals surface area (Å²) in [5, 5.41) is 9.35. The molecule has 3 saturated heterocycles. The van der Waals surface area contributed by atoms with E-state index >= 15 is 0 Å². The second-order valence-corrected chi connectivity index (χ2v) is 9.43. The van der Waals surface area contributed by atoms with Crippen molar-refractivity contribution in [3.05, 3.63) is 5.82 Å². The van der Waals surface area contributed by atoms with Crippen LogP contribution in [0.3, 0.4) is 0 Å². The molecule has 0 amide bonds. The van der Waals surface area contributed by atoms with Gasteiger partial charge in [-0.1, -0.05) is 6.92 Å². The van der Waals surface area contributed by atoms with Gasteiger partial charge in [-0.15, -0.1) is 10.2 Å². The SMILES string of the molecule is CC(CN1CCOCC1)Cn1c(C2CCCOC2)nnc1N1CCOC(C)(C)C1. The minimum absolute atomic E-state index is 0.164. The van der Waals surface area contributed by atoms with Gasteiger partial charge in [-0.3, -0.25) is 9.47 Å². The number of hydrogen-bond donors (Lipinski definition) is 0. The van der Waals surface area contributed by atoms with Crippen LogP contribution in [0, 0.1) is 5.92 Å². The van der Waals surface area contributed by atoms with Crippen LogP contribution in [0.1, 0.15) is 45.4 Å². The zero-order valence-electron chi connectivity index (χ0n) is 18.3. The highest BCUT2D eigenvalue weighted by Gasteiger charge is 2.32. The molecule has 0 aliphatic carbocycles. The van der Waals surface area contributed by atoms with Crippen molar-refractivity contribution in [2.75, 3.05) is 70.7 Å². The minimum Gasteiger partial charge on any atom is -0.381 e. The summed E-state index contributed by atoms with van der Waals surface area (Å²) in [7, 11) is 0. The number of rotatable bonds is 6. The van der Waals surface area contributed by atoms with Crippen molar-refractivity contribution < 1.29 is 14.2 Å². The molecular weight excluding hydrogens is 370 g/mol. The number of ether oxygens (including phenoxy) is 3. The van der Waals surface area contributed by atoms with Gasteiger partial charge in [0.25, 0.3) is 0 Å². The monoisotopic (exact) mass is 407 g/mol. The van der Waals surface area contributed by atoms with Gasteiger partial charge >= 0.3 is 0 Å². The summed E-state index contributed by atoms with van der Waals surface area (Å²) in [5.74, 6) is 2.95. The van der Waals surface area contributed by atoms with Crippen molar-refractivity contribution in [1.82, 2.24) is 19.7 Å². The van der Waals surface area contributed by atoms with Gasteiger partial charge in [0.15, 0.2) is 0 Å². The Morgan fingerprint density at radius 3 is 2.59 bits per heavy atom. The first-order valence-electron chi connectivity index (χ1n) is 11.2. The molecule has 4 heterocycles. The zero-order chi connectivity index (χ0) is 20.3. The van der Waals surface area contributed by atoms with E-state index in [0.29, 0.717) is 11.8 Å². The molecule has 3 aliphatic rings. The molecule has 0 aromatic carbocycles. The van der Waals surface area contributed by atoms with E-state index in [4.69, 9.17) is 14.2 Å². The van der Waals surface area contributed by atoms with E-state index < -0.39 is 0 Å². The molecule has 0 bridgehead atoms. The van der Waals surface area contributed by atoms with Crippen molar-refractivity contribution in [1.29, 1.82) is 0 Å². The first-order chi connectivity index (χ1) is 14.0. The molecule has 2 unspecified atom stereocenters. The van der Waals surface area contributed by atoms with Gasteiger partial charge in [0.2, 0.25) is 5.95 Å². The van der Waals surface area contributed by atoms with Crippen LogP contribution in [-0.2, 0) is 20.8 Å². The Hall–Kier alpha value is -1.22. The fraction of sp³-hybridized carbons (Fsp3) is 0.905. The third kappa shape index (κ3) is 5.29. The van der Waals surface area contributed by atoms with Gasteiger partial charge in [0.05, 0.1) is 32.0 Å². The van der Waals surface area contributed by atoms with Gasteiger partial charge in [0.1, 0.15) is 5.82 Å². The van der Waals surface area contributed by atoms with Crippen molar-refractivity contribution >= 4 is 5.95 Å². The van der Waals surface area contributed by atoms with Crippen molar-refractivity contribution in [2.24, 2.45) is 5.92 Å². The lowest BCUT2D eigenvalue weighted by Gasteiger charge is -2.39. The van der Waals surface area contributed by atoms with Gasteiger partial charge < -0.3 is 19.1 Å². The van der Waals surface area contributed by atoms with Crippen LogP contribution in [-0.4, -0.2) is 91.0 Å². The third-order valence-corrected chi connectivity index (χ3v) is 6.16. The lowest BCUT2D eigenvalue weighted by molar-refractivity contribution is -0.0283. The standard InChI is InChI=1S/C21H37N5O3/c1-17(13-24-6-10-27-11-7-24)14-26-19(18-5-4-9-28-15-18)22-23-20(26)25-8-12-29-21(2,3)16-25/h17-18H,4-16H2,1-3H3. The Morgan fingerprint density at radius 1 is 1.03 bits per heavy atom. The lowest BCUT2D eigenvalue weighted by atomic mass is 10.0. The molecule has 0 spiro atoms. The summed E-state index contributed by atoms with van der Waals surface area (Å²) in [4.78, 5) is 4.87. The van der Waals surface area contributed by atoms with Gasteiger partial charge in [-0.05, 0) is 32.6 Å². The Labute approximate surface area is 174 Å². The first kappa shape index (κ1) is 21.0. The molecule has 2 atom stereocenters. The number of anilines is 1. The normalized spacial score (nSPS) is 27.1. The van der Waals surface area contributed by atoms with Crippen LogP contribution in [0.2, 0.25) is 0 Å². The molecule has 8 heteroatoms. The van der Waals surface area contributed by atoms with Gasteiger partial charge in [-0.2, -0.15) is 0 Å². The molecule has 1 aromatic rings. The predicted molar refractivity (Wildman–Crippen MR) is 111 cm³/mol. The van der Waals surface area contributed by atoms with Crippen LogP contribution in [0.15, 0.2) is 0 Å². The molecule has 0 N–H and O–H groups in total. The Kier molecular flexibility index (Phi) is 6.73. The Morgan fingerprint density at radius 2 is 1.86 bits per heavy atom. The first-order valence-corrected chi connectivity index (χ1v) is 11.2. The van der Waals surface area contributed by atoms with E-state index in [-0.39, 0.29) is 5.60 Å². The van der Waals surface area contributed by atoms with E-state index in [0.717, 1.165) is 96.9 Å². The van der Waals surface area contributed by atoms with E-state index in [9.17, 15) is 0 Å². The summed E-state index contributed by atoms with van der Waals surface area (Å²) in [6.45, 7) is 16.4. The van der Waals surface area contributed by atoms with Crippen molar-refractivity contribution in [3.63, 3.8) is 0 Å². The quantitative estimate of drug-likeness (QED) is 0.712. The van der Waals surface area contributed by atoms with E-state index in [1.54, 1.807) is 0 Å². The van der Waals surface area contributed by atoms with Gasteiger partial charge in [-0.25, -0.2) is 0 Å². The maximum atomic E-state index is 5.92. The van der Waals surface area contributed by atoms with E-state index in [1.165, 1.54) is 0 Å². The van der Waals surface area contributed by atoms with E-state index in [1.807, 2.05) is 0 Å². The molecule has 3 aliphatic heterocycles. The molecule has 4 rings (SSSR count). The summed E-state index contributed by atoms with van der Waals surface area (Å²) in [6.07, 6.45) is 2.23. The molecule has 29 heavy (non-hydrogen) atoms. The van der Waals surface area contributed by atoms with Crippen LogP contribution < -0.4 is 4.90 Å². The third-order valence-electron chi connectivity index (χ3n) is 6.16. The highest BCUT2D eigenvalue weighted by Crippen LogP contribution is 2.29. The highest BCUT2D eigenvalue weighted by molar-refractivity contribution is 5.33. The van der Waals surface area contributed by atoms with Gasteiger partial charge in [0, 0.05) is 51.8 Å². The summed E-state index contributed by atoms with van der Waals surface area (Å²) < 4.78 is 19.6. The predicted octanol–water partition coefficient (Wildman–Crippen LogP) is 1.76. The average molecular weight is 408 g/mol. The highest BCUT2D eigenvalue weighted by atomic mass is 16.5. The summed E-state index contributed by atoms with van der Waals surface area (Å²) >= 11 is 0. The minimum atomic E-state index is -0.164. The molecule has 0 radical (unpaired) electrons. The van der Waals surface area contributed by atoms with E-state index in [2.05, 4.69) is 45.3 Å². The molecule has 3 fully saturated rings. The Balaban J connectivity index is 1.53. The summed E-state index contributed by atoms with van der Waals surface area (Å²) in [5.41, 5.74) is -0.164. The molecule has 0 saturated carbocycles. The van der Waals surface area contributed by atoms with Crippen LogP contribution >= 0.6 is 0 Å². The zero-order valence-corrected chi connectivity index (χ0v) is 18.3. The number of hydrogen-bond acceptors (Lipinski definition) is 7. The summed E-state index contributed by atoms with van der Waals surface area (Å²) in [6, 6.07) is 0. The topological polar surface area (TPSA) is 64.9 Å². The Bertz CT molecular complexity index is 653. The molecule has 8 nitrogen and oxygen atoms in total. The van der Waals surface area contributed by atoms with Crippen LogP contribution in [0.5, 0.6) is 0 Å². The molecule has 164 valence electrons. The largest absolute Gasteiger partial charge is 0.381 e.